The van der Waals surface area contributed by atoms with Gasteiger partial charge in [-0.05, 0) is 36.8 Å². The fraction of sp³-hybridized carbons (Fsp3) is 0.136. The number of anilines is 1. The SMILES string of the molecule is COc1ccc(NC(=O)C(Oc2ccc(C)cc2[N+](=O)[O-])c2ccccc2)cc1Cl. The van der Waals surface area contributed by atoms with Crippen LogP contribution < -0.4 is 14.8 Å². The number of aryl methyl sites for hydroxylation is 1. The van der Waals surface area contributed by atoms with Crippen LogP contribution in [-0.2, 0) is 4.79 Å². The molecule has 0 fully saturated rings. The topological polar surface area (TPSA) is 90.7 Å². The molecule has 3 rings (SSSR count). The number of ether oxygens (including phenoxy) is 2. The number of nitrogens with one attached hydrogen (secondary N) is 1. The number of carbonyl (C=O) groups excluding carboxylic acids is 1. The van der Waals surface area contributed by atoms with Gasteiger partial charge in [0.2, 0.25) is 6.10 Å². The molecule has 0 spiro atoms. The maximum atomic E-state index is 13.1. The smallest absolute Gasteiger partial charge is 0.311 e. The molecule has 1 atom stereocenters. The van der Waals surface area contributed by atoms with Gasteiger partial charge >= 0.3 is 5.69 Å². The molecule has 1 unspecified atom stereocenters. The minimum atomic E-state index is -1.12. The van der Waals surface area contributed by atoms with Gasteiger partial charge in [-0.25, -0.2) is 0 Å². The summed E-state index contributed by atoms with van der Waals surface area (Å²) in [6, 6.07) is 18.1. The summed E-state index contributed by atoms with van der Waals surface area (Å²) >= 11 is 6.13. The normalized spacial score (nSPS) is 11.4. The number of amides is 1. The fourth-order valence-electron chi connectivity index (χ4n) is 2.85. The van der Waals surface area contributed by atoms with E-state index in [0.29, 0.717) is 27.6 Å². The zero-order valence-corrected chi connectivity index (χ0v) is 17.1. The lowest BCUT2D eigenvalue weighted by Gasteiger charge is -2.19. The minimum absolute atomic E-state index is 0.00219. The first-order chi connectivity index (χ1) is 14.4. The van der Waals surface area contributed by atoms with Gasteiger partial charge in [-0.2, -0.15) is 0 Å². The van der Waals surface area contributed by atoms with Crippen molar-refractivity contribution in [3.05, 3.63) is 93.0 Å². The van der Waals surface area contributed by atoms with Crippen molar-refractivity contribution in [2.45, 2.75) is 13.0 Å². The van der Waals surface area contributed by atoms with Crippen molar-refractivity contribution < 1.29 is 19.2 Å². The quantitative estimate of drug-likeness (QED) is 0.407. The van der Waals surface area contributed by atoms with Gasteiger partial charge in [-0.15, -0.1) is 0 Å². The molecule has 0 saturated heterocycles. The van der Waals surface area contributed by atoms with Gasteiger partial charge in [0.15, 0.2) is 5.75 Å². The van der Waals surface area contributed by atoms with E-state index in [1.165, 1.54) is 19.2 Å². The lowest BCUT2D eigenvalue weighted by molar-refractivity contribution is -0.386. The van der Waals surface area contributed by atoms with Crippen LogP contribution in [-0.4, -0.2) is 17.9 Å². The minimum Gasteiger partial charge on any atom is -0.495 e. The van der Waals surface area contributed by atoms with E-state index in [9.17, 15) is 14.9 Å². The van der Waals surface area contributed by atoms with E-state index in [4.69, 9.17) is 21.1 Å². The van der Waals surface area contributed by atoms with E-state index >= 15 is 0 Å². The average molecular weight is 427 g/mol. The summed E-state index contributed by atoms with van der Waals surface area (Å²) in [5.41, 5.74) is 1.48. The summed E-state index contributed by atoms with van der Waals surface area (Å²) < 4.78 is 11.0. The third-order valence-electron chi connectivity index (χ3n) is 4.32. The van der Waals surface area contributed by atoms with E-state index in [2.05, 4.69) is 5.32 Å². The van der Waals surface area contributed by atoms with Crippen molar-refractivity contribution >= 4 is 28.9 Å². The molecule has 0 bridgehead atoms. The maximum absolute atomic E-state index is 13.1. The average Bonchev–Trinajstić information content (AvgIpc) is 2.73. The molecule has 0 aromatic heterocycles. The summed E-state index contributed by atoms with van der Waals surface area (Å²) in [6.45, 7) is 1.74. The molecule has 1 N–H and O–H groups in total. The predicted molar refractivity (Wildman–Crippen MR) is 114 cm³/mol. The standard InChI is InChI=1S/C22H19ClN2O5/c1-14-8-10-20(18(12-14)25(27)28)30-21(15-6-4-3-5-7-15)22(26)24-16-9-11-19(29-2)17(23)13-16/h3-13,21H,1-2H3,(H,24,26). The molecule has 1 amide bonds. The van der Waals surface area contributed by atoms with Crippen molar-refractivity contribution in [3.63, 3.8) is 0 Å². The molecule has 7 nitrogen and oxygen atoms in total. The number of nitrogens with zero attached hydrogens (tertiary/aromatic N) is 1. The van der Waals surface area contributed by atoms with Crippen molar-refractivity contribution in [1.29, 1.82) is 0 Å². The highest BCUT2D eigenvalue weighted by Gasteiger charge is 2.26. The zero-order valence-electron chi connectivity index (χ0n) is 16.3. The van der Waals surface area contributed by atoms with Gasteiger partial charge in [0.1, 0.15) is 5.75 Å². The van der Waals surface area contributed by atoms with E-state index in [1.807, 2.05) is 0 Å². The lowest BCUT2D eigenvalue weighted by Crippen LogP contribution is -2.26. The molecular formula is C22H19ClN2O5. The molecule has 30 heavy (non-hydrogen) atoms. The van der Waals surface area contributed by atoms with Crippen LogP contribution in [0.3, 0.4) is 0 Å². The Hall–Kier alpha value is -3.58. The third kappa shape index (κ3) is 4.87. The highest BCUT2D eigenvalue weighted by Crippen LogP contribution is 2.33. The molecule has 0 aliphatic heterocycles. The first kappa shape index (κ1) is 21.1. The number of methoxy groups -OCH3 is 1. The number of halogens is 1. The Bertz CT molecular complexity index is 1070. The number of hydrogen-bond acceptors (Lipinski definition) is 5. The molecule has 0 aliphatic rings. The van der Waals surface area contributed by atoms with Crippen LogP contribution in [0.25, 0.3) is 0 Å². The Kier molecular flexibility index (Phi) is 6.54. The van der Waals surface area contributed by atoms with Crippen LogP contribution in [0.5, 0.6) is 11.5 Å². The summed E-state index contributed by atoms with van der Waals surface area (Å²) in [7, 11) is 1.49. The first-order valence-electron chi connectivity index (χ1n) is 9.00. The van der Waals surface area contributed by atoms with Gasteiger partial charge in [-0.1, -0.05) is 48.0 Å². The second kappa shape index (κ2) is 9.28. The third-order valence-corrected chi connectivity index (χ3v) is 4.61. The number of hydrogen-bond donors (Lipinski definition) is 1. The molecular weight excluding hydrogens is 408 g/mol. The number of carbonyl (C=O) groups is 1. The molecule has 3 aromatic rings. The largest absolute Gasteiger partial charge is 0.495 e. The van der Waals surface area contributed by atoms with Gasteiger partial charge in [-0.3, -0.25) is 14.9 Å². The molecule has 3 aromatic carbocycles. The summed E-state index contributed by atoms with van der Waals surface area (Å²) in [4.78, 5) is 24.0. The number of rotatable bonds is 7. The maximum Gasteiger partial charge on any atom is 0.311 e. The summed E-state index contributed by atoms with van der Waals surface area (Å²) in [5, 5.41) is 14.5. The van der Waals surface area contributed by atoms with Gasteiger partial charge < -0.3 is 14.8 Å². The van der Waals surface area contributed by atoms with Crippen LogP contribution in [0.4, 0.5) is 11.4 Å². The van der Waals surface area contributed by atoms with Gasteiger partial charge in [0.05, 0.1) is 17.1 Å². The van der Waals surface area contributed by atoms with Crippen molar-refractivity contribution in [2.24, 2.45) is 0 Å². The first-order valence-corrected chi connectivity index (χ1v) is 9.38. The van der Waals surface area contributed by atoms with Gasteiger partial charge in [0, 0.05) is 17.3 Å². The van der Waals surface area contributed by atoms with Crippen molar-refractivity contribution in [2.75, 3.05) is 12.4 Å². The second-order valence-electron chi connectivity index (χ2n) is 6.48. The summed E-state index contributed by atoms with van der Waals surface area (Å²) in [6.07, 6.45) is -1.12. The Morgan fingerprint density at radius 2 is 1.77 bits per heavy atom. The molecule has 0 radical (unpaired) electrons. The van der Waals surface area contributed by atoms with Crippen LogP contribution in [0.1, 0.15) is 17.2 Å². The van der Waals surface area contributed by atoms with Crippen LogP contribution in [0.15, 0.2) is 66.7 Å². The Balaban J connectivity index is 1.93. The molecule has 0 heterocycles. The van der Waals surface area contributed by atoms with Crippen LogP contribution >= 0.6 is 11.6 Å². The van der Waals surface area contributed by atoms with E-state index in [-0.39, 0.29) is 11.4 Å². The Labute approximate surface area is 178 Å². The molecule has 0 saturated carbocycles. The summed E-state index contributed by atoms with van der Waals surface area (Å²) in [5.74, 6) is -0.0273. The zero-order chi connectivity index (χ0) is 21.7. The van der Waals surface area contributed by atoms with Crippen LogP contribution in [0.2, 0.25) is 5.02 Å². The molecule has 8 heteroatoms. The van der Waals surface area contributed by atoms with Crippen molar-refractivity contribution in [1.82, 2.24) is 0 Å². The Morgan fingerprint density at radius 3 is 2.40 bits per heavy atom. The number of nitro groups is 1. The lowest BCUT2D eigenvalue weighted by atomic mass is 10.1. The predicted octanol–water partition coefficient (Wildman–Crippen LogP) is 5.32. The van der Waals surface area contributed by atoms with Crippen LogP contribution in [0, 0.1) is 17.0 Å². The van der Waals surface area contributed by atoms with E-state index in [0.717, 1.165) is 0 Å². The van der Waals surface area contributed by atoms with E-state index in [1.54, 1.807) is 61.5 Å². The second-order valence-corrected chi connectivity index (χ2v) is 6.88. The molecule has 154 valence electrons. The van der Waals surface area contributed by atoms with Crippen molar-refractivity contribution in [3.8, 4) is 11.5 Å². The highest BCUT2D eigenvalue weighted by atomic mass is 35.5. The highest BCUT2D eigenvalue weighted by molar-refractivity contribution is 6.32. The fourth-order valence-corrected chi connectivity index (χ4v) is 3.11. The Morgan fingerprint density at radius 1 is 1.07 bits per heavy atom. The van der Waals surface area contributed by atoms with E-state index < -0.39 is 16.9 Å². The number of nitro benzene ring substituents is 1. The number of benzene rings is 3. The van der Waals surface area contributed by atoms with Gasteiger partial charge in [0.25, 0.3) is 5.91 Å². The monoisotopic (exact) mass is 426 g/mol. The molecule has 0 aliphatic carbocycles.